The maximum absolute atomic E-state index is 11.8. The molecule has 1 unspecified atom stereocenters. The summed E-state index contributed by atoms with van der Waals surface area (Å²) in [6, 6.07) is 4.27. The van der Waals surface area contributed by atoms with Gasteiger partial charge >= 0.3 is 5.97 Å². The quantitative estimate of drug-likeness (QED) is 0.376. The van der Waals surface area contributed by atoms with Gasteiger partial charge in [0.05, 0.1) is 4.92 Å². The predicted molar refractivity (Wildman–Crippen MR) is 84.6 cm³/mol. The number of anilines is 1. The van der Waals surface area contributed by atoms with Crippen LogP contribution in [0.15, 0.2) is 18.2 Å². The average Bonchev–Trinajstić information content (AvgIpc) is 2.98. The lowest BCUT2D eigenvalue weighted by atomic mass is 10.1. The molecule has 1 atom stereocenters. The Kier molecular flexibility index (Phi) is 4.54. The Morgan fingerprint density at radius 1 is 1.43 bits per heavy atom. The fourth-order valence-corrected chi connectivity index (χ4v) is 2.68. The van der Waals surface area contributed by atoms with E-state index in [2.05, 4.69) is 5.32 Å². The second kappa shape index (κ2) is 5.98. The highest BCUT2D eigenvalue weighted by Crippen LogP contribution is 2.64. The minimum absolute atomic E-state index is 0.112. The molecule has 1 saturated carbocycles. The second-order valence-electron chi connectivity index (χ2n) is 5.60. The lowest BCUT2D eigenvalue weighted by Crippen LogP contribution is -2.26. The van der Waals surface area contributed by atoms with E-state index >= 15 is 0 Å². The first kappa shape index (κ1) is 17.5. The number of alkyl halides is 2. The van der Waals surface area contributed by atoms with Crippen LogP contribution in [0.2, 0.25) is 0 Å². The Morgan fingerprint density at radius 3 is 2.57 bits per heavy atom. The largest absolute Gasteiger partial charge is 0.455 e. The summed E-state index contributed by atoms with van der Waals surface area (Å²) < 4.78 is 3.72. The summed E-state index contributed by atoms with van der Waals surface area (Å²) in [5.41, 5.74) is -0.412. The highest BCUT2D eigenvalue weighted by molar-refractivity contribution is 6.53. The van der Waals surface area contributed by atoms with Gasteiger partial charge in [-0.05, 0) is 19.9 Å². The highest BCUT2D eigenvalue weighted by atomic mass is 35.5. The van der Waals surface area contributed by atoms with Gasteiger partial charge in [-0.1, -0.05) is 6.07 Å². The number of carbonyl (C=O) groups excluding carboxylic acids is 2. The van der Waals surface area contributed by atoms with Gasteiger partial charge in [0.25, 0.3) is 11.6 Å². The fraction of sp³-hybridized carbons (Fsp3) is 0.429. The number of halogens is 2. The summed E-state index contributed by atoms with van der Waals surface area (Å²) in [6.45, 7) is 2.61. The van der Waals surface area contributed by atoms with Crippen molar-refractivity contribution in [2.75, 3.05) is 11.9 Å². The van der Waals surface area contributed by atoms with Crippen molar-refractivity contribution >= 4 is 46.5 Å². The van der Waals surface area contributed by atoms with Gasteiger partial charge in [0, 0.05) is 23.7 Å². The highest BCUT2D eigenvalue weighted by Gasteiger charge is 2.69. The van der Waals surface area contributed by atoms with Gasteiger partial charge in [-0.25, -0.2) is 0 Å². The number of carbonyl (C=O) groups is 2. The van der Waals surface area contributed by atoms with Gasteiger partial charge in [0.1, 0.15) is 9.75 Å². The van der Waals surface area contributed by atoms with Crippen molar-refractivity contribution < 1.29 is 19.2 Å². The smallest absolute Gasteiger partial charge is 0.315 e. The van der Waals surface area contributed by atoms with E-state index in [1.807, 2.05) is 0 Å². The number of nitro benzene ring substituents is 1. The molecule has 2 rings (SSSR count). The van der Waals surface area contributed by atoms with Crippen molar-refractivity contribution in [1.29, 1.82) is 0 Å². The molecule has 0 aromatic heterocycles. The monoisotopic (exact) mass is 360 g/mol. The van der Waals surface area contributed by atoms with Crippen molar-refractivity contribution in [2.24, 2.45) is 5.41 Å². The Morgan fingerprint density at radius 2 is 2.04 bits per heavy atom. The van der Waals surface area contributed by atoms with Crippen LogP contribution in [-0.2, 0) is 14.3 Å². The molecular formula is C14H14Cl2N2O5. The summed E-state index contributed by atoms with van der Waals surface area (Å²) in [4.78, 5) is 33.9. The molecule has 0 radical (unpaired) electrons. The first-order chi connectivity index (χ1) is 10.6. The van der Waals surface area contributed by atoms with E-state index in [0.29, 0.717) is 5.56 Å². The number of nitrogens with zero attached hydrogens (tertiary/aromatic N) is 1. The Balaban J connectivity index is 1.92. The normalized spacial score (nSPS) is 21.4. The molecule has 9 heteroatoms. The van der Waals surface area contributed by atoms with E-state index < -0.39 is 33.2 Å². The van der Waals surface area contributed by atoms with Crippen LogP contribution in [0.1, 0.15) is 18.9 Å². The first-order valence-corrected chi connectivity index (χ1v) is 7.42. The van der Waals surface area contributed by atoms with Gasteiger partial charge < -0.3 is 10.1 Å². The number of esters is 1. The second-order valence-corrected chi connectivity index (χ2v) is 7.08. The van der Waals surface area contributed by atoms with Crippen LogP contribution >= 0.6 is 23.2 Å². The molecule has 0 bridgehead atoms. The number of nitrogens with one attached hydrogen (secondary N) is 1. The molecule has 23 heavy (non-hydrogen) atoms. The van der Waals surface area contributed by atoms with E-state index in [9.17, 15) is 19.7 Å². The zero-order valence-electron chi connectivity index (χ0n) is 12.4. The molecule has 1 aliphatic rings. The van der Waals surface area contributed by atoms with Crippen LogP contribution in [-0.4, -0.2) is 27.7 Å². The molecule has 0 heterocycles. The third-order valence-corrected chi connectivity index (χ3v) is 4.83. The minimum Gasteiger partial charge on any atom is -0.455 e. The first-order valence-electron chi connectivity index (χ1n) is 6.67. The Labute approximate surface area is 142 Å². The van der Waals surface area contributed by atoms with Gasteiger partial charge in [0.15, 0.2) is 6.61 Å². The van der Waals surface area contributed by atoms with Gasteiger partial charge in [-0.15, -0.1) is 23.2 Å². The predicted octanol–water partition coefficient (Wildman–Crippen LogP) is 2.97. The molecule has 1 aromatic rings. The van der Waals surface area contributed by atoms with Crippen molar-refractivity contribution in [3.05, 3.63) is 33.9 Å². The summed E-state index contributed by atoms with van der Waals surface area (Å²) in [6.07, 6.45) is 0.258. The molecular weight excluding hydrogens is 347 g/mol. The topological polar surface area (TPSA) is 98.5 Å². The number of aryl methyl sites for hydroxylation is 1. The lowest BCUT2D eigenvalue weighted by molar-refractivity contribution is -0.385. The summed E-state index contributed by atoms with van der Waals surface area (Å²) >= 11 is 11.7. The van der Waals surface area contributed by atoms with E-state index in [1.165, 1.54) is 18.2 Å². The molecule has 7 nitrogen and oxygen atoms in total. The Bertz CT molecular complexity index is 692. The van der Waals surface area contributed by atoms with E-state index in [4.69, 9.17) is 27.9 Å². The van der Waals surface area contributed by atoms with Crippen molar-refractivity contribution in [3.63, 3.8) is 0 Å². The van der Waals surface area contributed by atoms with Crippen LogP contribution in [0.3, 0.4) is 0 Å². The van der Waals surface area contributed by atoms with Crippen LogP contribution in [0.25, 0.3) is 0 Å². The van der Waals surface area contributed by atoms with Crippen LogP contribution in [0.4, 0.5) is 11.4 Å². The third-order valence-electron chi connectivity index (χ3n) is 3.73. The number of rotatable bonds is 5. The van der Waals surface area contributed by atoms with Crippen molar-refractivity contribution in [1.82, 2.24) is 0 Å². The van der Waals surface area contributed by atoms with Crippen LogP contribution in [0, 0.1) is 22.5 Å². The molecule has 1 amide bonds. The summed E-state index contributed by atoms with van der Waals surface area (Å²) in [5.74, 6) is -1.27. The molecule has 1 aromatic carbocycles. The summed E-state index contributed by atoms with van der Waals surface area (Å²) in [7, 11) is 0. The zero-order chi connectivity index (χ0) is 17.4. The minimum atomic E-state index is -1.17. The fourth-order valence-electron chi connectivity index (χ4n) is 1.99. The zero-order valence-corrected chi connectivity index (χ0v) is 13.9. The number of nitro groups is 1. The standard InChI is InChI=1S/C14H14Cl2N2O5/c1-8-3-4-9(5-10(8)18(21)22)17-11(19)6-23-12(20)13(2)7-14(13,15)16/h3-5H,6-7H2,1-2H3,(H,17,19). The van der Waals surface area contributed by atoms with E-state index in [0.717, 1.165) is 0 Å². The van der Waals surface area contributed by atoms with Crippen molar-refractivity contribution in [2.45, 2.75) is 24.6 Å². The number of hydrogen-bond acceptors (Lipinski definition) is 5. The average molecular weight is 361 g/mol. The number of amides is 1. The van der Waals surface area contributed by atoms with Crippen molar-refractivity contribution in [3.8, 4) is 0 Å². The maximum atomic E-state index is 11.8. The van der Waals surface area contributed by atoms with Crippen LogP contribution < -0.4 is 5.32 Å². The van der Waals surface area contributed by atoms with Gasteiger partial charge in [-0.2, -0.15) is 0 Å². The molecule has 1 fully saturated rings. The molecule has 1 aliphatic carbocycles. The molecule has 1 N–H and O–H groups in total. The molecule has 124 valence electrons. The number of hydrogen-bond donors (Lipinski definition) is 1. The Hall–Kier alpha value is -1.86. The van der Waals surface area contributed by atoms with Crippen LogP contribution in [0.5, 0.6) is 0 Å². The third kappa shape index (κ3) is 3.56. The van der Waals surface area contributed by atoms with E-state index in [-0.39, 0.29) is 17.8 Å². The number of ether oxygens (including phenoxy) is 1. The molecule has 0 saturated heterocycles. The lowest BCUT2D eigenvalue weighted by Gasteiger charge is -2.12. The maximum Gasteiger partial charge on any atom is 0.315 e. The van der Waals surface area contributed by atoms with E-state index in [1.54, 1.807) is 13.8 Å². The molecule has 0 spiro atoms. The SMILES string of the molecule is Cc1ccc(NC(=O)COC(=O)C2(C)CC2(Cl)Cl)cc1[N+](=O)[O-]. The van der Waals surface area contributed by atoms with Gasteiger partial charge in [-0.3, -0.25) is 19.7 Å². The van der Waals surface area contributed by atoms with Gasteiger partial charge in [0.2, 0.25) is 0 Å². The number of benzene rings is 1. The molecule has 0 aliphatic heterocycles. The summed E-state index contributed by atoms with van der Waals surface area (Å²) in [5, 5.41) is 13.3.